The number of carbonyl (C=O) groups is 2. The minimum Gasteiger partial charge on any atom is -0.493 e. The van der Waals surface area contributed by atoms with Crippen molar-refractivity contribution in [1.82, 2.24) is 0 Å². The number of rotatable bonds is 7. The Labute approximate surface area is 159 Å². The maximum atomic E-state index is 12.7. The van der Waals surface area contributed by atoms with Crippen LogP contribution in [0.3, 0.4) is 0 Å². The number of carboxylic acid groups (broad SMARTS) is 1. The number of anilines is 1. The van der Waals surface area contributed by atoms with Gasteiger partial charge in [-0.15, -0.1) is 0 Å². The molecule has 150 valence electrons. The van der Waals surface area contributed by atoms with Crippen LogP contribution in [0.5, 0.6) is 17.2 Å². The van der Waals surface area contributed by atoms with Crippen LogP contribution >= 0.6 is 0 Å². The number of alkyl halides is 2. The summed E-state index contributed by atoms with van der Waals surface area (Å²) in [5.74, 6) is -1.52. The third-order valence-electron chi connectivity index (χ3n) is 3.90. The number of aromatic carboxylic acids is 1. The van der Waals surface area contributed by atoms with Gasteiger partial charge in [0.05, 0.1) is 25.5 Å². The molecule has 0 unspecified atom stereocenters. The average molecular weight is 395 g/mol. The minimum absolute atomic E-state index is 0.00123. The lowest BCUT2D eigenvalue weighted by atomic mass is 10.0. The first kappa shape index (κ1) is 20.9. The number of carboxylic acids is 1. The number of ether oxygens (including phenoxy) is 3. The lowest BCUT2D eigenvalue weighted by Crippen LogP contribution is -2.15. The Morgan fingerprint density at radius 1 is 0.964 bits per heavy atom. The summed E-state index contributed by atoms with van der Waals surface area (Å²) in [6, 6.07) is 5.28. The van der Waals surface area contributed by atoms with Gasteiger partial charge in [0.25, 0.3) is 5.91 Å². The Balaban J connectivity index is 2.42. The molecule has 0 aliphatic carbocycles. The maximum absolute atomic E-state index is 12.7. The molecule has 7 nitrogen and oxygen atoms in total. The summed E-state index contributed by atoms with van der Waals surface area (Å²) in [4.78, 5) is 24.0. The second-order valence-electron chi connectivity index (χ2n) is 5.84. The van der Waals surface area contributed by atoms with E-state index in [2.05, 4.69) is 10.1 Å². The van der Waals surface area contributed by atoms with Crippen molar-refractivity contribution in [2.75, 3.05) is 19.5 Å². The highest BCUT2D eigenvalue weighted by Gasteiger charge is 2.20. The van der Waals surface area contributed by atoms with E-state index in [1.807, 2.05) is 0 Å². The van der Waals surface area contributed by atoms with Crippen molar-refractivity contribution < 1.29 is 37.7 Å². The molecule has 0 saturated heterocycles. The van der Waals surface area contributed by atoms with Gasteiger partial charge in [0.15, 0.2) is 11.5 Å². The van der Waals surface area contributed by atoms with Crippen LogP contribution < -0.4 is 19.5 Å². The number of nitrogens with one attached hydrogen (secondary N) is 1. The number of halogens is 2. The molecule has 0 aliphatic heterocycles. The molecule has 0 heterocycles. The van der Waals surface area contributed by atoms with Crippen LogP contribution in [0.2, 0.25) is 0 Å². The number of aryl methyl sites for hydroxylation is 2. The van der Waals surface area contributed by atoms with Gasteiger partial charge in [-0.25, -0.2) is 4.79 Å². The van der Waals surface area contributed by atoms with E-state index in [4.69, 9.17) is 9.47 Å². The quantitative estimate of drug-likeness (QED) is 0.739. The number of benzene rings is 2. The summed E-state index contributed by atoms with van der Waals surface area (Å²) in [5.41, 5.74) is 0.871. The molecule has 2 aromatic rings. The van der Waals surface area contributed by atoms with Crippen LogP contribution in [0.4, 0.5) is 14.5 Å². The molecule has 0 aliphatic rings. The summed E-state index contributed by atoms with van der Waals surface area (Å²) in [5, 5.41) is 11.8. The minimum atomic E-state index is -2.98. The Morgan fingerprint density at radius 3 is 2.04 bits per heavy atom. The van der Waals surface area contributed by atoms with E-state index in [9.17, 15) is 23.5 Å². The summed E-state index contributed by atoms with van der Waals surface area (Å²) < 4.78 is 39.8. The van der Waals surface area contributed by atoms with Crippen LogP contribution in [0, 0.1) is 13.8 Å². The van der Waals surface area contributed by atoms with Crippen molar-refractivity contribution in [3.8, 4) is 17.2 Å². The first-order valence-corrected chi connectivity index (χ1v) is 8.04. The van der Waals surface area contributed by atoms with E-state index in [1.165, 1.54) is 52.3 Å². The van der Waals surface area contributed by atoms with Gasteiger partial charge in [0.1, 0.15) is 5.75 Å². The van der Waals surface area contributed by atoms with Gasteiger partial charge in [-0.2, -0.15) is 8.78 Å². The monoisotopic (exact) mass is 395 g/mol. The standard InChI is InChI=1S/C19H19F2NO6/c1-9-5-11(6-10(2)15(9)28-19(20)21)17(23)22-13-7-12(18(24)25)8-14(26-3)16(13)27-4/h5-8,19H,1-4H3,(H,22,23)(H,24,25). The molecule has 28 heavy (non-hydrogen) atoms. The molecule has 0 atom stereocenters. The van der Waals surface area contributed by atoms with Crippen molar-refractivity contribution in [3.63, 3.8) is 0 Å². The van der Waals surface area contributed by atoms with E-state index >= 15 is 0 Å². The molecular weight excluding hydrogens is 376 g/mol. The SMILES string of the molecule is COc1cc(C(=O)O)cc(NC(=O)c2cc(C)c(OC(F)F)c(C)c2)c1OC. The van der Waals surface area contributed by atoms with Gasteiger partial charge in [-0.3, -0.25) is 4.79 Å². The van der Waals surface area contributed by atoms with Crippen molar-refractivity contribution in [3.05, 3.63) is 46.5 Å². The molecule has 2 aromatic carbocycles. The van der Waals surface area contributed by atoms with Crippen molar-refractivity contribution in [1.29, 1.82) is 0 Å². The zero-order valence-corrected chi connectivity index (χ0v) is 15.6. The van der Waals surface area contributed by atoms with Crippen molar-refractivity contribution in [2.45, 2.75) is 20.5 Å². The summed E-state index contributed by atoms with van der Waals surface area (Å²) in [7, 11) is 2.68. The zero-order valence-electron chi connectivity index (χ0n) is 15.6. The van der Waals surface area contributed by atoms with E-state index in [1.54, 1.807) is 0 Å². The highest BCUT2D eigenvalue weighted by Crippen LogP contribution is 2.37. The first-order valence-electron chi connectivity index (χ1n) is 8.04. The lowest BCUT2D eigenvalue weighted by molar-refractivity contribution is -0.0507. The highest BCUT2D eigenvalue weighted by atomic mass is 19.3. The summed E-state index contributed by atoms with van der Waals surface area (Å²) in [6.45, 7) is 0.0966. The smallest absolute Gasteiger partial charge is 0.387 e. The predicted octanol–water partition coefficient (Wildman–Crippen LogP) is 3.87. The summed E-state index contributed by atoms with van der Waals surface area (Å²) in [6.07, 6.45) is 0. The molecule has 0 aromatic heterocycles. The van der Waals surface area contributed by atoms with E-state index in [0.717, 1.165) is 0 Å². The second kappa shape index (κ2) is 8.55. The molecule has 9 heteroatoms. The lowest BCUT2D eigenvalue weighted by Gasteiger charge is -2.16. The largest absolute Gasteiger partial charge is 0.493 e. The number of amides is 1. The molecule has 1 amide bonds. The van der Waals surface area contributed by atoms with E-state index in [0.29, 0.717) is 11.1 Å². The molecule has 0 bridgehead atoms. The Kier molecular flexibility index (Phi) is 6.40. The third kappa shape index (κ3) is 4.48. The first-order chi connectivity index (χ1) is 13.2. The van der Waals surface area contributed by atoms with Crippen LogP contribution in [0.1, 0.15) is 31.8 Å². The highest BCUT2D eigenvalue weighted by molar-refractivity contribution is 6.06. The number of carbonyl (C=O) groups excluding carboxylic acids is 1. The van der Waals surface area contributed by atoms with Crippen LogP contribution in [0.15, 0.2) is 24.3 Å². The van der Waals surface area contributed by atoms with Gasteiger partial charge in [0, 0.05) is 5.56 Å². The Hall–Kier alpha value is -3.36. The normalized spacial score (nSPS) is 10.5. The third-order valence-corrected chi connectivity index (χ3v) is 3.90. The molecule has 0 spiro atoms. The van der Waals surface area contributed by atoms with Crippen molar-refractivity contribution in [2.24, 2.45) is 0 Å². The fraction of sp³-hybridized carbons (Fsp3) is 0.263. The van der Waals surface area contributed by atoms with Crippen molar-refractivity contribution >= 4 is 17.6 Å². The zero-order chi connectivity index (χ0) is 21.0. The molecular formula is C19H19F2NO6. The molecule has 0 fully saturated rings. The van der Waals surface area contributed by atoms with Crippen LogP contribution in [0.25, 0.3) is 0 Å². The predicted molar refractivity (Wildman–Crippen MR) is 97.0 cm³/mol. The number of hydrogen-bond donors (Lipinski definition) is 2. The summed E-state index contributed by atoms with van der Waals surface area (Å²) >= 11 is 0. The van der Waals surface area contributed by atoms with Gasteiger partial charge in [-0.1, -0.05) is 0 Å². The number of hydrogen-bond acceptors (Lipinski definition) is 5. The number of methoxy groups -OCH3 is 2. The Morgan fingerprint density at radius 2 is 1.57 bits per heavy atom. The second-order valence-corrected chi connectivity index (χ2v) is 5.84. The Bertz CT molecular complexity index is 891. The molecule has 2 N–H and O–H groups in total. The molecule has 2 rings (SSSR count). The fourth-order valence-electron chi connectivity index (χ4n) is 2.73. The van der Waals surface area contributed by atoms with Gasteiger partial charge >= 0.3 is 12.6 Å². The maximum Gasteiger partial charge on any atom is 0.387 e. The van der Waals surface area contributed by atoms with E-state index in [-0.39, 0.29) is 34.1 Å². The van der Waals surface area contributed by atoms with Gasteiger partial charge < -0.3 is 24.6 Å². The van der Waals surface area contributed by atoms with Crippen LogP contribution in [-0.2, 0) is 0 Å². The van der Waals surface area contributed by atoms with E-state index < -0.39 is 18.5 Å². The van der Waals surface area contributed by atoms with Crippen LogP contribution in [-0.4, -0.2) is 37.8 Å². The molecule has 0 saturated carbocycles. The average Bonchev–Trinajstić information content (AvgIpc) is 2.63. The molecule has 0 radical (unpaired) electrons. The fourth-order valence-corrected chi connectivity index (χ4v) is 2.73. The van der Waals surface area contributed by atoms with Gasteiger partial charge in [0.2, 0.25) is 0 Å². The van der Waals surface area contributed by atoms with Gasteiger partial charge in [-0.05, 0) is 49.2 Å². The topological polar surface area (TPSA) is 94.1 Å².